The largest absolute Gasteiger partial charge is 0.381 e. The number of thioether (sulfide) groups is 1. The molecule has 2 aromatic rings. The Morgan fingerprint density at radius 3 is 2.95 bits per heavy atom. The van der Waals surface area contributed by atoms with Crippen molar-refractivity contribution < 1.29 is 0 Å². The molecule has 1 aromatic heterocycles. The minimum atomic E-state index is -0.0565. The number of nitrogens with zero attached hydrogens (tertiary/aromatic N) is 1. The molecule has 0 radical (unpaired) electrons. The third-order valence-electron chi connectivity index (χ3n) is 4.11. The van der Waals surface area contributed by atoms with Crippen molar-refractivity contribution in [1.29, 1.82) is 0 Å². The van der Waals surface area contributed by atoms with Gasteiger partial charge in [0.25, 0.3) is 0 Å². The fraction of sp³-hybridized carbons (Fsp3) is 0.353. The molecule has 1 aromatic carbocycles. The number of rotatable bonds is 4. The van der Waals surface area contributed by atoms with Crippen molar-refractivity contribution >= 4 is 17.4 Å². The van der Waals surface area contributed by atoms with Gasteiger partial charge in [-0.1, -0.05) is 12.1 Å². The number of benzene rings is 1. The first-order valence-electron chi connectivity index (χ1n) is 7.54. The van der Waals surface area contributed by atoms with Crippen LogP contribution in [0.5, 0.6) is 0 Å². The maximum absolute atomic E-state index is 6.05. The van der Waals surface area contributed by atoms with Crippen LogP contribution >= 0.6 is 11.8 Å². The molecule has 4 N–H and O–H groups in total. The topological polar surface area (TPSA) is 63.0 Å². The Labute approximate surface area is 135 Å². The molecule has 5 heteroatoms. The van der Waals surface area contributed by atoms with Crippen molar-refractivity contribution in [1.82, 2.24) is 10.3 Å². The molecule has 1 fully saturated rings. The first-order chi connectivity index (χ1) is 10.7. The van der Waals surface area contributed by atoms with Gasteiger partial charge in [-0.3, -0.25) is 10.3 Å². The summed E-state index contributed by atoms with van der Waals surface area (Å²) in [7, 11) is 0. The van der Waals surface area contributed by atoms with E-state index in [1.165, 1.54) is 11.1 Å². The summed E-state index contributed by atoms with van der Waals surface area (Å²) < 4.78 is 0. The maximum atomic E-state index is 6.05. The van der Waals surface area contributed by atoms with E-state index in [4.69, 9.17) is 5.73 Å². The molecule has 2 heterocycles. The standard InChI is InChI=1S/C17H22N4S/c1-17(7-10-22-16(18)21-17)14-3-2-4-15(11-14)20-12-13-5-8-19-9-6-13/h2-6,8-9,11,16,20-21H,7,10,12,18H2,1H3/t16-,17?/m0/s1. The third kappa shape index (κ3) is 3.61. The van der Waals surface area contributed by atoms with Gasteiger partial charge in [0, 0.05) is 30.2 Å². The Balaban J connectivity index is 1.72. The van der Waals surface area contributed by atoms with E-state index in [1.54, 1.807) is 11.8 Å². The molecule has 116 valence electrons. The van der Waals surface area contributed by atoms with Gasteiger partial charge in [0.1, 0.15) is 5.50 Å². The molecule has 1 aliphatic heterocycles. The number of hydrogen-bond donors (Lipinski definition) is 3. The minimum Gasteiger partial charge on any atom is -0.381 e. The summed E-state index contributed by atoms with van der Waals surface area (Å²) >= 11 is 1.77. The van der Waals surface area contributed by atoms with E-state index in [0.717, 1.165) is 24.4 Å². The SMILES string of the molecule is CC1(c2cccc(NCc3ccncc3)c2)CCS[C@@H](N)N1. The molecule has 1 saturated heterocycles. The molecule has 0 saturated carbocycles. The van der Waals surface area contributed by atoms with Gasteiger partial charge in [-0.15, -0.1) is 11.8 Å². The predicted molar refractivity (Wildman–Crippen MR) is 93.5 cm³/mol. The maximum Gasteiger partial charge on any atom is 0.104 e. The third-order valence-corrected chi connectivity index (χ3v) is 5.02. The zero-order chi connectivity index (χ0) is 15.4. The zero-order valence-electron chi connectivity index (χ0n) is 12.8. The van der Waals surface area contributed by atoms with Gasteiger partial charge in [-0.25, -0.2) is 0 Å². The van der Waals surface area contributed by atoms with Crippen LogP contribution in [-0.2, 0) is 12.1 Å². The monoisotopic (exact) mass is 314 g/mol. The second kappa shape index (κ2) is 6.69. The lowest BCUT2D eigenvalue weighted by molar-refractivity contribution is 0.337. The van der Waals surface area contributed by atoms with Gasteiger partial charge in [-0.05, 0) is 54.5 Å². The molecule has 0 bridgehead atoms. The lowest BCUT2D eigenvalue weighted by Gasteiger charge is -2.38. The summed E-state index contributed by atoms with van der Waals surface area (Å²) in [5.74, 6) is 1.08. The molecule has 1 unspecified atom stereocenters. The van der Waals surface area contributed by atoms with E-state index in [2.05, 4.69) is 46.8 Å². The van der Waals surface area contributed by atoms with Crippen molar-refractivity contribution in [3.05, 3.63) is 59.9 Å². The number of aromatic nitrogens is 1. The molecule has 0 spiro atoms. The second-order valence-corrected chi connectivity index (χ2v) is 7.06. The van der Waals surface area contributed by atoms with Crippen LogP contribution in [0.1, 0.15) is 24.5 Å². The molecule has 2 atom stereocenters. The predicted octanol–water partition coefficient (Wildman–Crippen LogP) is 2.88. The molecule has 0 amide bonds. The zero-order valence-corrected chi connectivity index (χ0v) is 13.6. The Morgan fingerprint density at radius 1 is 1.36 bits per heavy atom. The lowest BCUT2D eigenvalue weighted by Crippen LogP contribution is -2.52. The molecular weight excluding hydrogens is 292 g/mol. The van der Waals surface area contributed by atoms with E-state index in [9.17, 15) is 0 Å². The molecule has 3 rings (SSSR count). The van der Waals surface area contributed by atoms with Crippen molar-refractivity contribution in [2.75, 3.05) is 11.1 Å². The Kier molecular flexibility index (Phi) is 4.66. The number of pyridine rings is 1. The van der Waals surface area contributed by atoms with Crippen LogP contribution < -0.4 is 16.4 Å². The highest BCUT2D eigenvalue weighted by Crippen LogP contribution is 2.33. The normalized spacial score (nSPS) is 24.9. The first-order valence-corrected chi connectivity index (χ1v) is 8.59. The van der Waals surface area contributed by atoms with Crippen LogP contribution in [0.3, 0.4) is 0 Å². The van der Waals surface area contributed by atoms with E-state index in [0.29, 0.717) is 0 Å². The van der Waals surface area contributed by atoms with Crippen LogP contribution in [0.4, 0.5) is 5.69 Å². The van der Waals surface area contributed by atoms with Crippen molar-refractivity contribution in [3.63, 3.8) is 0 Å². The molecule has 0 aliphatic carbocycles. The quantitative estimate of drug-likeness (QED) is 0.810. The Morgan fingerprint density at radius 2 is 2.18 bits per heavy atom. The van der Waals surface area contributed by atoms with Crippen LogP contribution in [0.25, 0.3) is 0 Å². The average Bonchev–Trinajstić information content (AvgIpc) is 2.54. The van der Waals surface area contributed by atoms with E-state index in [-0.39, 0.29) is 11.0 Å². The molecule has 22 heavy (non-hydrogen) atoms. The number of anilines is 1. The molecular formula is C17H22N4S. The molecule has 1 aliphatic rings. The van der Waals surface area contributed by atoms with E-state index in [1.807, 2.05) is 24.5 Å². The first kappa shape index (κ1) is 15.3. The van der Waals surface area contributed by atoms with Gasteiger partial charge in [-0.2, -0.15) is 0 Å². The fourth-order valence-electron chi connectivity index (χ4n) is 2.72. The summed E-state index contributed by atoms with van der Waals surface area (Å²) in [6, 6.07) is 12.6. The highest BCUT2D eigenvalue weighted by atomic mass is 32.2. The Bertz CT molecular complexity index is 619. The fourth-order valence-corrected chi connectivity index (χ4v) is 3.85. The second-order valence-electron chi connectivity index (χ2n) is 5.81. The van der Waals surface area contributed by atoms with Crippen LogP contribution in [0.15, 0.2) is 48.8 Å². The Hall–Kier alpha value is -1.56. The summed E-state index contributed by atoms with van der Waals surface area (Å²) in [6.45, 7) is 3.03. The smallest absolute Gasteiger partial charge is 0.104 e. The summed E-state index contributed by atoms with van der Waals surface area (Å²) in [4.78, 5) is 4.04. The van der Waals surface area contributed by atoms with Crippen LogP contribution in [0, 0.1) is 0 Å². The highest BCUT2D eigenvalue weighted by Gasteiger charge is 2.31. The number of nitrogens with one attached hydrogen (secondary N) is 2. The van der Waals surface area contributed by atoms with E-state index >= 15 is 0 Å². The summed E-state index contributed by atoms with van der Waals surface area (Å²) in [6.07, 6.45) is 4.72. The van der Waals surface area contributed by atoms with Gasteiger partial charge in [0.15, 0.2) is 0 Å². The van der Waals surface area contributed by atoms with Crippen LogP contribution in [-0.4, -0.2) is 16.2 Å². The number of hydrogen-bond acceptors (Lipinski definition) is 5. The van der Waals surface area contributed by atoms with Crippen molar-refractivity contribution in [2.24, 2.45) is 5.73 Å². The van der Waals surface area contributed by atoms with Crippen molar-refractivity contribution in [2.45, 2.75) is 30.9 Å². The summed E-state index contributed by atoms with van der Waals surface area (Å²) in [5.41, 5.74) is 9.63. The number of nitrogens with two attached hydrogens (primary N) is 1. The van der Waals surface area contributed by atoms with Crippen LogP contribution in [0.2, 0.25) is 0 Å². The van der Waals surface area contributed by atoms with Gasteiger partial charge in [0.2, 0.25) is 0 Å². The lowest BCUT2D eigenvalue weighted by atomic mass is 9.89. The van der Waals surface area contributed by atoms with Gasteiger partial charge < -0.3 is 11.1 Å². The minimum absolute atomic E-state index is 0.00665. The average molecular weight is 314 g/mol. The highest BCUT2D eigenvalue weighted by molar-refractivity contribution is 7.99. The van der Waals surface area contributed by atoms with Gasteiger partial charge >= 0.3 is 0 Å². The van der Waals surface area contributed by atoms with E-state index < -0.39 is 0 Å². The van der Waals surface area contributed by atoms with Crippen molar-refractivity contribution in [3.8, 4) is 0 Å². The van der Waals surface area contributed by atoms with Gasteiger partial charge in [0.05, 0.1) is 0 Å². The summed E-state index contributed by atoms with van der Waals surface area (Å²) in [5, 5.41) is 6.99. The molecule has 4 nitrogen and oxygen atoms in total.